The predicted octanol–water partition coefficient (Wildman–Crippen LogP) is 4.13. The number of H-pyrrole nitrogens is 1. The minimum Gasteiger partial charge on any atom is -0.378 e. The summed E-state index contributed by atoms with van der Waals surface area (Å²) in [5, 5.41) is 4.44. The van der Waals surface area contributed by atoms with Crippen molar-refractivity contribution >= 4 is 28.4 Å². The van der Waals surface area contributed by atoms with Gasteiger partial charge in [0.1, 0.15) is 0 Å². The lowest BCUT2D eigenvalue weighted by atomic mass is 9.90. The minimum atomic E-state index is -0.0250. The van der Waals surface area contributed by atoms with Gasteiger partial charge in [-0.1, -0.05) is 30.3 Å². The van der Waals surface area contributed by atoms with Gasteiger partial charge < -0.3 is 20.1 Å². The Balaban J connectivity index is 1.30. The van der Waals surface area contributed by atoms with E-state index >= 15 is 0 Å². The van der Waals surface area contributed by atoms with Crippen LogP contribution in [0.4, 0.5) is 5.69 Å². The number of fused-ring (bicyclic) bond motifs is 1. The number of benzene rings is 2. The molecule has 1 atom stereocenters. The number of hydrogen-bond acceptors (Lipinski definition) is 3. The fourth-order valence-electron chi connectivity index (χ4n) is 5.09. The number of carbonyl (C=O) groups excluding carboxylic acids is 2. The molecule has 2 amide bonds. The molecule has 1 aliphatic heterocycles. The van der Waals surface area contributed by atoms with E-state index in [1.807, 2.05) is 25.1 Å². The fourth-order valence-corrected chi connectivity index (χ4v) is 5.09. The van der Waals surface area contributed by atoms with Crippen LogP contribution in [0.5, 0.6) is 0 Å². The van der Waals surface area contributed by atoms with Crippen LogP contribution < -0.4 is 10.2 Å². The molecule has 3 aromatic rings. The summed E-state index contributed by atoms with van der Waals surface area (Å²) in [6.07, 6.45) is 5.64. The van der Waals surface area contributed by atoms with Gasteiger partial charge in [-0.2, -0.15) is 0 Å². The zero-order valence-electron chi connectivity index (χ0n) is 20.1. The SMILES string of the molecule is CN(C)c1ccc(C(CNC(=O)C2CCN(C(=O)C3CC3)CC2)c2c[nH]c3ccccc23)cc1. The van der Waals surface area contributed by atoms with Crippen LogP contribution in [-0.2, 0) is 9.59 Å². The average molecular weight is 459 g/mol. The van der Waals surface area contributed by atoms with Gasteiger partial charge in [-0.05, 0) is 55.0 Å². The van der Waals surface area contributed by atoms with E-state index in [1.165, 1.54) is 16.5 Å². The Labute approximate surface area is 201 Å². The summed E-state index contributed by atoms with van der Waals surface area (Å²) < 4.78 is 0. The first-order valence-corrected chi connectivity index (χ1v) is 12.4. The molecule has 6 heteroatoms. The molecule has 2 aromatic carbocycles. The number of likely N-dealkylation sites (tertiary alicyclic amines) is 1. The van der Waals surface area contributed by atoms with Crippen molar-refractivity contribution < 1.29 is 9.59 Å². The molecule has 2 N–H and O–H groups in total. The smallest absolute Gasteiger partial charge is 0.225 e. The molecule has 2 heterocycles. The molecule has 5 rings (SSSR count). The van der Waals surface area contributed by atoms with Crippen LogP contribution in [0.25, 0.3) is 10.9 Å². The van der Waals surface area contributed by atoms with Gasteiger partial charge in [0.2, 0.25) is 11.8 Å². The number of piperidine rings is 1. The van der Waals surface area contributed by atoms with Crippen molar-refractivity contribution in [3.05, 3.63) is 65.9 Å². The highest BCUT2D eigenvalue weighted by molar-refractivity contribution is 5.85. The third-order valence-corrected chi connectivity index (χ3v) is 7.39. The van der Waals surface area contributed by atoms with E-state index in [0.717, 1.165) is 36.9 Å². The van der Waals surface area contributed by atoms with E-state index in [4.69, 9.17) is 0 Å². The van der Waals surface area contributed by atoms with Crippen LogP contribution in [0.2, 0.25) is 0 Å². The lowest BCUT2D eigenvalue weighted by Gasteiger charge is -2.32. The van der Waals surface area contributed by atoms with Crippen molar-refractivity contribution in [1.82, 2.24) is 15.2 Å². The molecule has 2 fully saturated rings. The van der Waals surface area contributed by atoms with Crippen LogP contribution in [-0.4, -0.2) is 55.4 Å². The van der Waals surface area contributed by atoms with Gasteiger partial charge >= 0.3 is 0 Å². The number of anilines is 1. The first-order chi connectivity index (χ1) is 16.5. The Hall–Kier alpha value is -3.28. The molecule has 34 heavy (non-hydrogen) atoms. The molecule has 1 saturated heterocycles. The maximum atomic E-state index is 13.1. The van der Waals surface area contributed by atoms with E-state index in [2.05, 4.69) is 63.9 Å². The van der Waals surface area contributed by atoms with Crippen LogP contribution >= 0.6 is 0 Å². The number of nitrogens with one attached hydrogen (secondary N) is 2. The molecule has 0 bridgehead atoms. The average Bonchev–Trinajstić information content (AvgIpc) is 3.64. The highest BCUT2D eigenvalue weighted by Gasteiger charge is 2.36. The summed E-state index contributed by atoms with van der Waals surface area (Å²) in [5.74, 6) is 0.671. The number of aromatic amines is 1. The van der Waals surface area contributed by atoms with Crippen molar-refractivity contribution in [2.75, 3.05) is 38.6 Å². The van der Waals surface area contributed by atoms with Gasteiger partial charge in [0.15, 0.2) is 0 Å². The van der Waals surface area contributed by atoms with E-state index in [9.17, 15) is 9.59 Å². The van der Waals surface area contributed by atoms with Crippen LogP contribution in [0.1, 0.15) is 42.7 Å². The molecule has 0 radical (unpaired) electrons. The second-order valence-corrected chi connectivity index (χ2v) is 9.95. The molecule has 178 valence electrons. The van der Waals surface area contributed by atoms with Gasteiger partial charge in [0.25, 0.3) is 0 Å². The fraction of sp³-hybridized carbons (Fsp3) is 0.429. The van der Waals surface area contributed by atoms with Crippen molar-refractivity contribution in [2.45, 2.75) is 31.6 Å². The summed E-state index contributed by atoms with van der Waals surface area (Å²) >= 11 is 0. The maximum Gasteiger partial charge on any atom is 0.225 e. The molecule has 0 spiro atoms. The molecule has 1 aromatic heterocycles. The highest BCUT2D eigenvalue weighted by Crippen LogP contribution is 2.33. The van der Waals surface area contributed by atoms with Gasteiger partial charge in [0.05, 0.1) is 0 Å². The molecular formula is C28H34N4O2. The summed E-state index contributed by atoms with van der Waals surface area (Å²) in [6, 6.07) is 16.9. The first kappa shape index (κ1) is 22.5. The standard InChI is InChI=1S/C28H34N4O2/c1-31(2)22-11-9-19(10-12-22)24(25-18-29-26-6-4-3-5-23(25)26)17-30-27(33)20-13-15-32(16-14-20)28(34)21-7-8-21/h3-6,9-12,18,20-21,24,29H,7-8,13-17H2,1-2H3,(H,30,33). The number of para-hydroxylation sites is 1. The molecule has 2 aliphatic rings. The van der Waals surface area contributed by atoms with E-state index in [-0.39, 0.29) is 23.7 Å². The Morgan fingerprint density at radius 1 is 1.00 bits per heavy atom. The van der Waals surface area contributed by atoms with Crippen molar-refractivity contribution in [3.63, 3.8) is 0 Å². The zero-order chi connectivity index (χ0) is 23.7. The Morgan fingerprint density at radius 2 is 1.71 bits per heavy atom. The van der Waals surface area contributed by atoms with Gasteiger partial charge in [0, 0.05) is 74.3 Å². The first-order valence-electron chi connectivity index (χ1n) is 12.4. The largest absolute Gasteiger partial charge is 0.378 e. The van der Waals surface area contributed by atoms with E-state index < -0.39 is 0 Å². The third-order valence-electron chi connectivity index (χ3n) is 7.39. The number of carbonyl (C=O) groups is 2. The number of amides is 2. The van der Waals surface area contributed by atoms with Gasteiger partial charge in [-0.3, -0.25) is 9.59 Å². The molecule has 6 nitrogen and oxygen atoms in total. The highest BCUT2D eigenvalue weighted by atomic mass is 16.2. The number of rotatable bonds is 7. The lowest BCUT2D eigenvalue weighted by molar-refractivity contribution is -0.136. The molecule has 1 aliphatic carbocycles. The van der Waals surface area contributed by atoms with Crippen LogP contribution in [0.3, 0.4) is 0 Å². The second kappa shape index (κ2) is 9.53. The van der Waals surface area contributed by atoms with E-state index in [1.54, 1.807) is 0 Å². The molecular weight excluding hydrogens is 424 g/mol. The predicted molar refractivity (Wildman–Crippen MR) is 136 cm³/mol. The van der Waals surface area contributed by atoms with Gasteiger partial charge in [-0.25, -0.2) is 0 Å². The van der Waals surface area contributed by atoms with Gasteiger partial charge in [-0.15, -0.1) is 0 Å². The summed E-state index contributed by atoms with van der Waals surface area (Å²) in [6.45, 7) is 1.94. The topological polar surface area (TPSA) is 68.4 Å². The van der Waals surface area contributed by atoms with Crippen LogP contribution in [0.15, 0.2) is 54.7 Å². The van der Waals surface area contributed by atoms with Crippen molar-refractivity contribution in [1.29, 1.82) is 0 Å². The number of aromatic nitrogens is 1. The summed E-state index contributed by atoms with van der Waals surface area (Å²) in [4.78, 5) is 32.9. The zero-order valence-corrected chi connectivity index (χ0v) is 20.1. The Bertz CT molecular complexity index is 1150. The molecule has 1 saturated carbocycles. The quantitative estimate of drug-likeness (QED) is 0.559. The van der Waals surface area contributed by atoms with E-state index in [0.29, 0.717) is 25.5 Å². The third kappa shape index (κ3) is 4.67. The number of hydrogen-bond donors (Lipinski definition) is 2. The van der Waals surface area contributed by atoms with Crippen LogP contribution in [0, 0.1) is 11.8 Å². The Morgan fingerprint density at radius 3 is 2.38 bits per heavy atom. The van der Waals surface area contributed by atoms with Crippen molar-refractivity contribution in [3.8, 4) is 0 Å². The monoisotopic (exact) mass is 458 g/mol. The lowest BCUT2D eigenvalue weighted by Crippen LogP contribution is -2.44. The second-order valence-electron chi connectivity index (χ2n) is 9.95. The number of nitrogens with zero attached hydrogens (tertiary/aromatic N) is 2. The summed E-state index contributed by atoms with van der Waals surface area (Å²) in [5.41, 5.74) is 4.63. The van der Waals surface area contributed by atoms with Crippen molar-refractivity contribution in [2.24, 2.45) is 11.8 Å². The minimum absolute atomic E-state index is 0.0250. The molecule has 1 unspecified atom stereocenters. The maximum absolute atomic E-state index is 13.1. The summed E-state index contributed by atoms with van der Waals surface area (Å²) in [7, 11) is 4.08. The normalized spacial score (nSPS) is 17.5. The Kier molecular flexibility index (Phi) is 6.31.